The number of halogens is 5. The van der Waals surface area contributed by atoms with Crippen molar-refractivity contribution in [3.05, 3.63) is 94.2 Å². The van der Waals surface area contributed by atoms with Crippen LogP contribution in [0.3, 0.4) is 0 Å². The van der Waals surface area contributed by atoms with E-state index in [0.29, 0.717) is 21.5 Å². The lowest BCUT2D eigenvalue weighted by Gasteiger charge is -2.21. The number of ether oxygens (including phenoxy) is 2. The number of hydrogen-bond donors (Lipinski definition) is 0. The van der Waals surface area contributed by atoms with Gasteiger partial charge in [-0.15, -0.1) is 0 Å². The van der Waals surface area contributed by atoms with Crippen molar-refractivity contribution in [3.63, 3.8) is 0 Å². The highest BCUT2D eigenvalue weighted by Crippen LogP contribution is 2.35. The third kappa shape index (κ3) is 6.30. The number of benzene rings is 3. The molecule has 0 amide bonds. The maximum absolute atomic E-state index is 13.4. The summed E-state index contributed by atoms with van der Waals surface area (Å²) in [6.45, 7) is -0.488. The van der Waals surface area contributed by atoms with Crippen LogP contribution in [0.1, 0.15) is 17.0 Å². The van der Waals surface area contributed by atoms with Gasteiger partial charge in [0.15, 0.2) is 0 Å². The summed E-state index contributed by atoms with van der Waals surface area (Å²) >= 11 is 3.22. The average Bonchev–Trinajstić information content (AvgIpc) is 2.67. The van der Waals surface area contributed by atoms with Gasteiger partial charge in [0, 0.05) is 4.47 Å². The molecule has 1 unspecified atom stereocenters. The number of rotatable bonds is 7. The summed E-state index contributed by atoms with van der Waals surface area (Å²) in [6.07, 6.45) is -4.42. The Bertz CT molecular complexity index is 925. The first-order valence-electron chi connectivity index (χ1n) is 8.73. The molecule has 0 heterocycles. The molecule has 3 aromatic rings. The summed E-state index contributed by atoms with van der Waals surface area (Å²) in [4.78, 5) is 0. The van der Waals surface area contributed by atoms with Crippen LogP contribution in [0.25, 0.3) is 0 Å². The first-order chi connectivity index (χ1) is 13.8. The smallest absolute Gasteiger partial charge is 0.397 e. The van der Waals surface area contributed by atoms with Crippen molar-refractivity contribution in [1.29, 1.82) is 0 Å². The molecule has 0 fully saturated rings. The van der Waals surface area contributed by atoms with Crippen molar-refractivity contribution in [1.82, 2.24) is 0 Å². The molecular weight excluding hydrogens is 452 g/mol. The second-order valence-corrected chi connectivity index (χ2v) is 7.28. The molecule has 0 aliphatic rings. The van der Waals surface area contributed by atoms with Gasteiger partial charge in [0.1, 0.15) is 23.2 Å². The van der Waals surface area contributed by atoms with Crippen molar-refractivity contribution in [2.24, 2.45) is 0 Å². The van der Waals surface area contributed by atoms with Gasteiger partial charge in [0.05, 0.1) is 13.2 Å². The van der Waals surface area contributed by atoms with Crippen LogP contribution in [-0.2, 0) is 11.3 Å². The SMILES string of the molecule is Fc1ccc(Oc2cccc(COCC(c3ccc(Br)cc3)C(F)(F)F)c2)cc1. The molecular formula is C22H17BrF4O2. The van der Waals surface area contributed by atoms with Crippen molar-refractivity contribution in [2.75, 3.05) is 6.61 Å². The summed E-state index contributed by atoms with van der Waals surface area (Å²) in [6, 6.07) is 18.4. The van der Waals surface area contributed by atoms with Gasteiger partial charge in [-0.25, -0.2) is 4.39 Å². The molecule has 0 saturated heterocycles. The van der Waals surface area contributed by atoms with Gasteiger partial charge in [-0.2, -0.15) is 13.2 Å². The highest BCUT2D eigenvalue weighted by molar-refractivity contribution is 9.10. The summed E-state index contributed by atoms with van der Waals surface area (Å²) in [5.74, 6) is -1.14. The van der Waals surface area contributed by atoms with E-state index in [1.165, 1.54) is 36.4 Å². The van der Waals surface area contributed by atoms with Gasteiger partial charge >= 0.3 is 6.18 Å². The lowest BCUT2D eigenvalue weighted by Crippen LogP contribution is -2.25. The van der Waals surface area contributed by atoms with E-state index >= 15 is 0 Å². The summed E-state index contributed by atoms with van der Waals surface area (Å²) in [5, 5.41) is 0. The van der Waals surface area contributed by atoms with Crippen molar-refractivity contribution >= 4 is 15.9 Å². The monoisotopic (exact) mass is 468 g/mol. The Balaban J connectivity index is 1.62. The van der Waals surface area contributed by atoms with Crippen LogP contribution in [0.4, 0.5) is 17.6 Å². The third-order valence-electron chi connectivity index (χ3n) is 4.17. The molecule has 0 aliphatic heterocycles. The van der Waals surface area contributed by atoms with Crippen LogP contribution < -0.4 is 4.74 Å². The predicted octanol–water partition coefficient (Wildman–Crippen LogP) is 7.24. The van der Waals surface area contributed by atoms with E-state index in [9.17, 15) is 17.6 Å². The van der Waals surface area contributed by atoms with Crippen LogP contribution in [0, 0.1) is 5.82 Å². The Hall–Kier alpha value is -2.38. The molecule has 0 aromatic heterocycles. The first-order valence-corrected chi connectivity index (χ1v) is 9.53. The molecule has 0 radical (unpaired) electrons. The van der Waals surface area contributed by atoms with Crippen molar-refractivity contribution in [2.45, 2.75) is 18.7 Å². The Morgan fingerprint density at radius 3 is 2.21 bits per heavy atom. The van der Waals surface area contributed by atoms with E-state index in [1.807, 2.05) is 0 Å². The zero-order valence-corrected chi connectivity index (χ0v) is 16.7. The fourth-order valence-corrected chi connectivity index (χ4v) is 2.97. The van der Waals surface area contributed by atoms with Crippen LogP contribution in [0.2, 0.25) is 0 Å². The van der Waals surface area contributed by atoms with Crippen LogP contribution in [-0.4, -0.2) is 12.8 Å². The van der Waals surface area contributed by atoms with Gasteiger partial charge in [-0.3, -0.25) is 0 Å². The molecule has 0 saturated carbocycles. The summed E-state index contributed by atoms with van der Waals surface area (Å²) < 4.78 is 65.0. The Morgan fingerprint density at radius 2 is 1.55 bits per heavy atom. The minimum Gasteiger partial charge on any atom is -0.457 e. The van der Waals surface area contributed by atoms with Crippen molar-refractivity contribution < 1.29 is 27.0 Å². The van der Waals surface area contributed by atoms with E-state index in [-0.39, 0.29) is 18.0 Å². The van der Waals surface area contributed by atoms with Gasteiger partial charge in [-0.1, -0.05) is 40.2 Å². The van der Waals surface area contributed by atoms with Crippen molar-refractivity contribution in [3.8, 4) is 11.5 Å². The van der Waals surface area contributed by atoms with E-state index in [1.54, 1.807) is 36.4 Å². The maximum Gasteiger partial charge on any atom is 0.397 e. The molecule has 29 heavy (non-hydrogen) atoms. The van der Waals surface area contributed by atoms with E-state index < -0.39 is 18.7 Å². The normalized spacial score (nSPS) is 12.6. The van der Waals surface area contributed by atoms with Gasteiger partial charge in [-0.05, 0) is 59.7 Å². The third-order valence-corrected chi connectivity index (χ3v) is 4.70. The van der Waals surface area contributed by atoms with E-state index in [0.717, 1.165) is 0 Å². The largest absolute Gasteiger partial charge is 0.457 e. The minimum atomic E-state index is -4.42. The predicted molar refractivity (Wildman–Crippen MR) is 106 cm³/mol. The van der Waals surface area contributed by atoms with Gasteiger partial charge in [0.25, 0.3) is 0 Å². The van der Waals surface area contributed by atoms with E-state index in [2.05, 4.69) is 15.9 Å². The molecule has 0 bridgehead atoms. The molecule has 2 nitrogen and oxygen atoms in total. The Morgan fingerprint density at radius 1 is 0.862 bits per heavy atom. The standard InChI is InChI=1S/C22H17BrF4O2/c23-17-6-4-16(5-7-17)21(22(25,26)27)14-28-13-15-2-1-3-20(12-15)29-19-10-8-18(24)9-11-19/h1-12,21H,13-14H2. The van der Waals surface area contributed by atoms with Crippen LogP contribution in [0.15, 0.2) is 77.3 Å². The van der Waals surface area contributed by atoms with E-state index in [4.69, 9.17) is 9.47 Å². The fourth-order valence-electron chi connectivity index (χ4n) is 2.71. The molecule has 3 rings (SSSR count). The highest BCUT2D eigenvalue weighted by atomic mass is 79.9. The Kier molecular flexibility index (Phi) is 6.92. The molecule has 3 aromatic carbocycles. The summed E-state index contributed by atoms with van der Waals surface area (Å²) in [7, 11) is 0. The first kappa shape index (κ1) is 21.3. The quantitative estimate of drug-likeness (QED) is 0.340. The van der Waals surface area contributed by atoms with Gasteiger partial charge in [0.2, 0.25) is 0 Å². The lowest BCUT2D eigenvalue weighted by atomic mass is 9.99. The fraction of sp³-hybridized carbons (Fsp3) is 0.182. The zero-order chi connectivity index (χ0) is 20.9. The molecule has 1 atom stereocenters. The lowest BCUT2D eigenvalue weighted by molar-refractivity contribution is -0.163. The average molecular weight is 469 g/mol. The molecule has 0 spiro atoms. The zero-order valence-electron chi connectivity index (χ0n) is 15.1. The molecule has 0 N–H and O–H groups in total. The highest BCUT2D eigenvalue weighted by Gasteiger charge is 2.40. The Labute approximate surface area is 174 Å². The molecule has 0 aliphatic carbocycles. The maximum atomic E-state index is 13.4. The van der Waals surface area contributed by atoms with Crippen LogP contribution >= 0.6 is 15.9 Å². The minimum absolute atomic E-state index is 0.00370. The second-order valence-electron chi connectivity index (χ2n) is 6.36. The van der Waals surface area contributed by atoms with Crippen LogP contribution in [0.5, 0.6) is 11.5 Å². The molecule has 152 valence electrons. The summed E-state index contributed by atoms with van der Waals surface area (Å²) in [5.41, 5.74) is 0.815. The van der Waals surface area contributed by atoms with Gasteiger partial charge < -0.3 is 9.47 Å². The number of hydrogen-bond acceptors (Lipinski definition) is 2. The molecule has 7 heteroatoms. The number of alkyl halides is 3. The second kappa shape index (κ2) is 9.41. The topological polar surface area (TPSA) is 18.5 Å².